The Balaban J connectivity index is 2.92. The minimum absolute atomic E-state index is 0.0444. The SMILES string of the molecule is CSC(=NCC(=O)O)NS(=O)(=O)c1ccc(C)cc1. The van der Waals surface area contributed by atoms with Gasteiger partial charge in [-0.25, -0.2) is 13.4 Å². The van der Waals surface area contributed by atoms with E-state index in [0.717, 1.165) is 17.3 Å². The monoisotopic (exact) mass is 302 g/mol. The predicted molar refractivity (Wildman–Crippen MR) is 75.0 cm³/mol. The van der Waals surface area contributed by atoms with E-state index in [1.165, 1.54) is 12.1 Å². The van der Waals surface area contributed by atoms with E-state index >= 15 is 0 Å². The van der Waals surface area contributed by atoms with E-state index in [9.17, 15) is 13.2 Å². The lowest BCUT2D eigenvalue weighted by Gasteiger charge is -2.08. The summed E-state index contributed by atoms with van der Waals surface area (Å²) in [7, 11) is -3.73. The van der Waals surface area contributed by atoms with Crippen LogP contribution in [0.2, 0.25) is 0 Å². The van der Waals surface area contributed by atoms with Crippen LogP contribution in [0.5, 0.6) is 0 Å². The molecular weight excluding hydrogens is 288 g/mol. The summed E-state index contributed by atoms with van der Waals surface area (Å²) in [5.74, 6) is -1.12. The second-order valence-corrected chi connectivity index (χ2v) is 6.12. The highest BCUT2D eigenvalue weighted by Gasteiger charge is 2.15. The van der Waals surface area contributed by atoms with Gasteiger partial charge in [-0.1, -0.05) is 29.5 Å². The van der Waals surface area contributed by atoms with Gasteiger partial charge in [0.05, 0.1) is 4.90 Å². The van der Waals surface area contributed by atoms with Crippen LogP contribution in [0.25, 0.3) is 0 Å². The number of hydrogen-bond donors (Lipinski definition) is 2. The van der Waals surface area contributed by atoms with E-state index in [1.54, 1.807) is 18.4 Å². The molecule has 0 aliphatic carbocycles. The number of carboxylic acids is 1. The zero-order valence-electron chi connectivity index (χ0n) is 10.5. The minimum Gasteiger partial charge on any atom is -0.480 e. The molecule has 0 amide bonds. The van der Waals surface area contributed by atoms with E-state index < -0.39 is 22.5 Å². The Hall–Kier alpha value is -1.54. The lowest BCUT2D eigenvalue weighted by Crippen LogP contribution is -2.29. The molecule has 104 valence electrons. The lowest BCUT2D eigenvalue weighted by molar-refractivity contribution is -0.135. The molecular formula is C11H14N2O4S2. The highest BCUT2D eigenvalue weighted by atomic mass is 32.2. The summed E-state index contributed by atoms with van der Waals surface area (Å²) in [5.41, 5.74) is 0.948. The van der Waals surface area contributed by atoms with Crippen LogP contribution in [0.4, 0.5) is 0 Å². The van der Waals surface area contributed by atoms with Gasteiger partial charge in [-0.3, -0.25) is 9.52 Å². The van der Waals surface area contributed by atoms with Crippen LogP contribution in [0.15, 0.2) is 34.2 Å². The number of aryl methyl sites for hydroxylation is 1. The number of carbonyl (C=O) groups is 1. The van der Waals surface area contributed by atoms with E-state index in [4.69, 9.17) is 5.11 Å². The number of hydrogen-bond acceptors (Lipinski definition) is 5. The molecule has 0 unspecified atom stereocenters. The average Bonchev–Trinajstić information content (AvgIpc) is 2.34. The number of aliphatic carboxylic acids is 1. The Labute approximate surface area is 116 Å². The third kappa shape index (κ3) is 4.92. The van der Waals surface area contributed by atoms with Crippen molar-refractivity contribution in [2.75, 3.05) is 12.8 Å². The first-order chi connectivity index (χ1) is 8.85. The maximum absolute atomic E-state index is 12.0. The number of amidine groups is 1. The molecule has 19 heavy (non-hydrogen) atoms. The van der Waals surface area contributed by atoms with Gasteiger partial charge in [-0.05, 0) is 25.3 Å². The summed E-state index contributed by atoms with van der Waals surface area (Å²) in [4.78, 5) is 14.2. The first kappa shape index (κ1) is 15.5. The molecule has 1 aromatic rings. The fraction of sp³-hybridized carbons (Fsp3) is 0.273. The van der Waals surface area contributed by atoms with Gasteiger partial charge in [0.25, 0.3) is 10.0 Å². The van der Waals surface area contributed by atoms with Gasteiger partial charge in [0, 0.05) is 0 Å². The van der Waals surface area contributed by atoms with Crippen LogP contribution in [0.3, 0.4) is 0 Å². The number of aliphatic imine (C=N–C) groups is 1. The first-order valence-electron chi connectivity index (χ1n) is 5.25. The molecule has 1 aromatic carbocycles. The molecule has 8 heteroatoms. The van der Waals surface area contributed by atoms with E-state index in [-0.39, 0.29) is 10.1 Å². The van der Waals surface area contributed by atoms with Gasteiger partial charge < -0.3 is 5.11 Å². The number of benzene rings is 1. The lowest BCUT2D eigenvalue weighted by atomic mass is 10.2. The number of thioether (sulfide) groups is 1. The van der Waals surface area contributed by atoms with Crippen LogP contribution in [-0.2, 0) is 14.8 Å². The van der Waals surface area contributed by atoms with Crippen molar-refractivity contribution in [1.29, 1.82) is 0 Å². The summed E-state index contributed by atoms with van der Waals surface area (Å²) in [6.45, 7) is 1.37. The molecule has 2 N–H and O–H groups in total. The second kappa shape index (κ2) is 6.58. The van der Waals surface area contributed by atoms with Crippen molar-refractivity contribution in [3.8, 4) is 0 Å². The number of nitrogens with zero attached hydrogens (tertiary/aromatic N) is 1. The Morgan fingerprint density at radius 1 is 1.37 bits per heavy atom. The molecule has 1 rings (SSSR count). The van der Waals surface area contributed by atoms with Crippen molar-refractivity contribution < 1.29 is 18.3 Å². The Bertz CT molecular complexity index is 579. The van der Waals surface area contributed by atoms with Gasteiger partial charge in [0.2, 0.25) is 0 Å². The van der Waals surface area contributed by atoms with Gasteiger partial charge in [0.15, 0.2) is 5.17 Å². The molecule has 0 bridgehead atoms. The molecule has 6 nitrogen and oxygen atoms in total. The number of carboxylic acid groups (broad SMARTS) is 1. The van der Waals surface area contributed by atoms with Gasteiger partial charge in [-0.2, -0.15) is 0 Å². The second-order valence-electron chi connectivity index (χ2n) is 3.64. The maximum atomic E-state index is 12.0. The summed E-state index contributed by atoms with van der Waals surface area (Å²) in [5, 5.41) is 8.55. The summed E-state index contributed by atoms with van der Waals surface area (Å²) < 4.78 is 26.3. The molecule has 0 aliphatic rings. The zero-order valence-corrected chi connectivity index (χ0v) is 12.1. The molecule has 0 saturated carbocycles. The third-order valence-corrected chi connectivity index (χ3v) is 4.21. The maximum Gasteiger partial charge on any atom is 0.325 e. The van der Waals surface area contributed by atoms with Crippen molar-refractivity contribution in [3.63, 3.8) is 0 Å². The van der Waals surface area contributed by atoms with Crippen LogP contribution >= 0.6 is 11.8 Å². The van der Waals surface area contributed by atoms with Crippen LogP contribution < -0.4 is 4.72 Å². The molecule has 0 spiro atoms. The van der Waals surface area contributed by atoms with Crippen molar-refractivity contribution in [3.05, 3.63) is 29.8 Å². The standard InChI is InChI=1S/C11H14N2O4S2/c1-8-3-5-9(6-4-8)19(16,17)13-11(18-2)12-7-10(14)15/h3-6H,7H2,1-2H3,(H,12,13)(H,14,15). The molecule has 0 atom stereocenters. The number of sulfonamides is 1. The van der Waals surface area contributed by atoms with E-state index in [2.05, 4.69) is 9.71 Å². The predicted octanol–water partition coefficient (Wildman–Crippen LogP) is 1.08. The smallest absolute Gasteiger partial charge is 0.325 e. The molecule has 0 aliphatic heterocycles. The van der Waals surface area contributed by atoms with Crippen molar-refractivity contribution in [2.24, 2.45) is 4.99 Å². The fourth-order valence-electron chi connectivity index (χ4n) is 1.17. The Kier molecular flexibility index (Phi) is 5.37. The summed E-state index contributed by atoms with van der Waals surface area (Å²) in [6.07, 6.45) is 1.61. The molecule has 0 fully saturated rings. The van der Waals surface area contributed by atoms with Gasteiger partial charge >= 0.3 is 5.97 Å². The van der Waals surface area contributed by atoms with Crippen molar-refractivity contribution in [1.82, 2.24) is 4.72 Å². The highest BCUT2D eigenvalue weighted by molar-refractivity contribution is 8.14. The average molecular weight is 302 g/mol. The Morgan fingerprint density at radius 2 is 1.95 bits per heavy atom. The normalized spacial score (nSPS) is 12.2. The molecule has 0 heterocycles. The van der Waals surface area contributed by atoms with Crippen LogP contribution in [-0.4, -0.2) is 37.5 Å². The van der Waals surface area contributed by atoms with E-state index in [1.807, 2.05) is 6.92 Å². The molecule has 0 radical (unpaired) electrons. The minimum atomic E-state index is -3.73. The van der Waals surface area contributed by atoms with Crippen LogP contribution in [0, 0.1) is 6.92 Å². The van der Waals surface area contributed by atoms with Crippen molar-refractivity contribution >= 4 is 32.9 Å². The number of nitrogens with one attached hydrogen (secondary N) is 1. The molecule has 0 aromatic heterocycles. The van der Waals surface area contributed by atoms with E-state index in [0.29, 0.717) is 0 Å². The fourth-order valence-corrected chi connectivity index (χ4v) is 2.93. The van der Waals surface area contributed by atoms with Crippen LogP contribution in [0.1, 0.15) is 5.56 Å². The third-order valence-electron chi connectivity index (χ3n) is 2.10. The van der Waals surface area contributed by atoms with Crippen molar-refractivity contribution in [2.45, 2.75) is 11.8 Å². The van der Waals surface area contributed by atoms with Gasteiger partial charge in [-0.15, -0.1) is 0 Å². The Morgan fingerprint density at radius 3 is 2.42 bits per heavy atom. The highest BCUT2D eigenvalue weighted by Crippen LogP contribution is 2.11. The zero-order chi connectivity index (χ0) is 14.5. The largest absolute Gasteiger partial charge is 0.480 e. The topological polar surface area (TPSA) is 95.8 Å². The summed E-state index contributed by atoms with van der Waals surface area (Å²) >= 11 is 1.03. The first-order valence-corrected chi connectivity index (χ1v) is 7.95. The van der Waals surface area contributed by atoms with Gasteiger partial charge in [0.1, 0.15) is 6.54 Å². The number of rotatable bonds is 4. The quantitative estimate of drug-likeness (QED) is 0.641. The summed E-state index contributed by atoms with van der Waals surface area (Å²) in [6, 6.07) is 6.32. The molecule has 0 saturated heterocycles.